The maximum atomic E-state index is 12.0. The van der Waals surface area contributed by atoms with Crippen LogP contribution in [0.25, 0.3) is 11.0 Å². The van der Waals surface area contributed by atoms with E-state index in [1.54, 1.807) is 0 Å². The maximum absolute atomic E-state index is 12.0. The molecule has 0 fully saturated rings. The molecule has 2 aromatic heterocycles. The van der Waals surface area contributed by atoms with E-state index in [9.17, 15) is 14.7 Å². The number of aromatic amines is 1. The van der Waals surface area contributed by atoms with Crippen LogP contribution in [0.5, 0.6) is 0 Å². The molecule has 120 valence electrons. The lowest BCUT2D eigenvalue weighted by molar-refractivity contribution is -0.304. The SMILES string of the molecule is CCCC[C@H](Sc1nc2c(cnn2CCO)c(=O)[nH]1)C(=O)[O-]. The van der Waals surface area contributed by atoms with Crippen LogP contribution in [0.15, 0.2) is 16.1 Å². The number of aromatic nitrogens is 4. The zero-order valence-corrected chi connectivity index (χ0v) is 12.9. The van der Waals surface area contributed by atoms with E-state index >= 15 is 0 Å². The highest BCUT2D eigenvalue weighted by molar-refractivity contribution is 8.00. The second-order valence-corrected chi connectivity index (χ2v) is 5.96. The minimum absolute atomic E-state index is 0.133. The van der Waals surface area contributed by atoms with Gasteiger partial charge in [-0.15, -0.1) is 0 Å². The topological polar surface area (TPSA) is 124 Å². The van der Waals surface area contributed by atoms with Gasteiger partial charge < -0.3 is 20.0 Å². The summed E-state index contributed by atoms with van der Waals surface area (Å²) in [6, 6.07) is 0. The lowest BCUT2D eigenvalue weighted by atomic mass is 10.2. The summed E-state index contributed by atoms with van der Waals surface area (Å²) in [6.07, 6.45) is 3.44. The smallest absolute Gasteiger partial charge is 0.262 e. The first-order valence-corrected chi connectivity index (χ1v) is 7.89. The number of carbonyl (C=O) groups is 1. The molecule has 0 aliphatic rings. The number of fused-ring (bicyclic) bond motifs is 1. The highest BCUT2D eigenvalue weighted by Gasteiger charge is 2.16. The van der Waals surface area contributed by atoms with E-state index in [1.165, 1.54) is 10.9 Å². The van der Waals surface area contributed by atoms with E-state index in [2.05, 4.69) is 15.1 Å². The van der Waals surface area contributed by atoms with Gasteiger partial charge in [0.15, 0.2) is 10.8 Å². The first-order valence-electron chi connectivity index (χ1n) is 7.01. The number of carboxylic acid groups (broad SMARTS) is 1. The summed E-state index contributed by atoms with van der Waals surface area (Å²) in [5, 5.41) is 23.9. The van der Waals surface area contributed by atoms with Gasteiger partial charge in [-0.1, -0.05) is 31.5 Å². The van der Waals surface area contributed by atoms with Crippen LogP contribution in [-0.4, -0.2) is 42.7 Å². The van der Waals surface area contributed by atoms with Crippen LogP contribution in [-0.2, 0) is 11.3 Å². The summed E-state index contributed by atoms with van der Waals surface area (Å²) >= 11 is 0.964. The van der Waals surface area contributed by atoms with Gasteiger partial charge in [0.05, 0.1) is 30.6 Å². The summed E-state index contributed by atoms with van der Waals surface area (Å²) < 4.78 is 1.41. The molecule has 22 heavy (non-hydrogen) atoms. The summed E-state index contributed by atoms with van der Waals surface area (Å²) in [4.78, 5) is 30.0. The fraction of sp³-hybridized carbons (Fsp3) is 0.538. The van der Waals surface area contributed by atoms with Gasteiger partial charge in [0.2, 0.25) is 0 Å². The van der Waals surface area contributed by atoms with Crippen molar-refractivity contribution < 1.29 is 15.0 Å². The van der Waals surface area contributed by atoms with E-state index in [0.29, 0.717) is 17.5 Å². The van der Waals surface area contributed by atoms with Crippen LogP contribution in [0.4, 0.5) is 0 Å². The molecular formula is C13H17N4O4S-. The molecule has 0 spiro atoms. The molecule has 0 unspecified atom stereocenters. The van der Waals surface area contributed by atoms with Crippen LogP contribution in [0.3, 0.4) is 0 Å². The second kappa shape index (κ2) is 7.41. The maximum Gasteiger partial charge on any atom is 0.262 e. The van der Waals surface area contributed by atoms with Crippen LogP contribution in [0.1, 0.15) is 26.2 Å². The monoisotopic (exact) mass is 325 g/mol. The van der Waals surface area contributed by atoms with Gasteiger partial charge in [0, 0.05) is 0 Å². The lowest BCUT2D eigenvalue weighted by Gasteiger charge is -2.16. The number of carbonyl (C=O) groups excluding carboxylic acids is 1. The third-order valence-corrected chi connectivity index (χ3v) is 4.26. The third-order valence-electron chi connectivity index (χ3n) is 3.13. The van der Waals surface area contributed by atoms with Crippen molar-refractivity contribution in [3.8, 4) is 0 Å². The number of nitrogens with one attached hydrogen (secondary N) is 1. The van der Waals surface area contributed by atoms with Gasteiger partial charge in [0.25, 0.3) is 5.56 Å². The molecule has 2 rings (SSSR count). The van der Waals surface area contributed by atoms with Gasteiger partial charge in [-0.2, -0.15) is 5.10 Å². The van der Waals surface area contributed by atoms with Crippen molar-refractivity contribution in [2.75, 3.05) is 6.61 Å². The summed E-state index contributed by atoms with van der Waals surface area (Å²) in [6.45, 7) is 2.05. The van der Waals surface area contributed by atoms with Crippen LogP contribution in [0.2, 0.25) is 0 Å². The molecule has 0 saturated heterocycles. The van der Waals surface area contributed by atoms with E-state index in [4.69, 9.17) is 5.11 Å². The Morgan fingerprint density at radius 3 is 3.00 bits per heavy atom. The fourth-order valence-corrected chi connectivity index (χ4v) is 2.95. The normalized spacial score (nSPS) is 12.6. The van der Waals surface area contributed by atoms with E-state index in [1.807, 2.05) is 6.92 Å². The van der Waals surface area contributed by atoms with Crippen molar-refractivity contribution in [2.45, 2.75) is 43.1 Å². The van der Waals surface area contributed by atoms with Crippen molar-refractivity contribution in [3.63, 3.8) is 0 Å². The molecule has 8 nitrogen and oxygen atoms in total. The Morgan fingerprint density at radius 2 is 2.36 bits per heavy atom. The number of aliphatic hydroxyl groups excluding tert-OH is 1. The number of unbranched alkanes of at least 4 members (excludes halogenated alkanes) is 1. The molecule has 0 aliphatic carbocycles. The molecule has 0 aliphatic heterocycles. The molecule has 2 N–H and O–H groups in total. The van der Waals surface area contributed by atoms with Crippen LogP contribution >= 0.6 is 11.8 Å². The van der Waals surface area contributed by atoms with Gasteiger partial charge in [0.1, 0.15) is 5.39 Å². The van der Waals surface area contributed by atoms with Crippen LogP contribution < -0.4 is 10.7 Å². The average molecular weight is 325 g/mol. The molecule has 0 amide bonds. The Hall–Kier alpha value is -1.87. The lowest BCUT2D eigenvalue weighted by Crippen LogP contribution is -2.33. The van der Waals surface area contributed by atoms with Gasteiger partial charge >= 0.3 is 0 Å². The quantitative estimate of drug-likeness (QED) is 0.496. The Labute approximate surface area is 130 Å². The molecular weight excluding hydrogens is 308 g/mol. The van der Waals surface area contributed by atoms with E-state index < -0.39 is 11.2 Å². The van der Waals surface area contributed by atoms with Crippen molar-refractivity contribution in [1.29, 1.82) is 0 Å². The number of hydrogen-bond acceptors (Lipinski definition) is 7. The minimum Gasteiger partial charge on any atom is -0.549 e. The molecule has 2 aromatic rings. The largest absolute Gasteiger partial charge is 0.549 e. The molecule has 0 bridgehead atoms. The highest BCUT2D eigenvalue weighted by atomic mass is 32.2. The molecule has 9 heteroatoms. The Kier molecular flexibility index (Phi) is 5.56. The number of rotatable bonds is 8. The zero-order chi connectivity index (χ0) is 16.1. The molecule has 0 radical (unpaired) electrons. The number of aliphatic hydroxyl groups is 1. The summed E-state index contributed by atoms with van der Waals surface area (Å²) in [5.74, 6) is -1.18. The van der Waals surface area contributed by atoms with Crippen molar-refractivity contribution in [3.05, 3.63) is 16.6 Å². The highest BCUT2D eigenvalue weighted by Crippen LogP contribution is 2.23. The van der Waals surface area contributed by atoms with Gasteiger partial charge in [-0.25, -0.2) is 9.67 Å². The number of nitrogens with zero attached hydrogens (tertiary/aromatic N) is 3. The predicted molar refractivity (Wildman–Crippen MR) is 79.4 cm³/mol. The van der Waals surface area contributed by atoms with Crippen molar-refractivity contribution in [1.82, 2.24) is 19.7 Å². The summed E-state index contributed by atoms with van der Waals surface area (Å²) in [7, 11) is 0. The molecule has 1 atom stereocenters. The Balaban J connectivity index is 2.32. The molecule has 0 aromatic carbocycles. The van der Waals surface area contributed by atoms with Gasteiger partial charge in [-0.05, 0) is 6.42 Å². The third kappa shape index (κ3) is 3.66. The van der Waals surface area contributed by atoms with Crippen LogP contribution in [0, 0.1) is 0 Å². The number of aliphatic carboxylic acids is 1. The molecule has 0 saturated carbocycles. The van der Waals surface area contributed by atoms with E-state index in [0.717, 1.165) is 24.6 Å². The molecule has 2 heterocycles. The number of thioether (sulfide) groups is 1. The number of carboxylic acids is 1. The zero-order valence-electron chi connectivity index (χ0n) is 12.1. The summed E-state index contributed by atoms with van der Waals surface area (Å²) in [5.41, 5.74) is -0.0582. The van der Waals surface area contributed by atoms with Gasteiger partial charge in [-0.3, -0.25) is 4.79 Å². The second-order valence-electron chi connectivity index (χ2n) is 4.77. The first-order chi connectivity index (χ1) is 10.6. The standard InChI is InChI=1S/C13H18N4O4S/c1-2-3-4-9(12(20)21)22-13-15-10-8(11(19)16-13)7-14-17(10)5-6-18/h7,9,18H,2-6H2,1H3,(H,20,21)(H,15,16,19)/p-1/t9-/m0/s1. The van der Waals surface area contributed by atoms with Crippen molar-refractivity contribution in [2.24, 2.45) is 0 Å². The fourth-order valence-electron chi connectivity index (χ4n) is 2.01. The van der Waals surface area contributed by atoms with Crippen molar-refractivity contribution >= 4 is 28.8 Å². The first kappa shape index (κ1) is 16.5. The Bertz CT molecular complexity index is 712. The minimum atomic E-state index is -1.18. The average Bonchev–Trinajstić information content (AvgIpc) is 2.87. The Morgan fingerprint density at radius 1 is 1.59 bits per heavy atom. The predicted octanol–water partition coefficient (Wildman–Crippen LogP) is -0.487. The van der Waals surface area contributed by atoms with E-state index in [-0.39, 0.29) is 23.9 Å². The number of H-pyrrole nitrogens is 1. The number of hydrogen-bond donors (Lipinski definition) is 2.